The largest absolute Gasteiger partial charge is 0.481 e. The van der Waals surface area contributed by atoms with Gasteiger partial charge in [0.2, 0.25) is 0 Å². The average molecular weight is 234 g/mol. The van der Waals surface area contributed by atoms with Crippen molar-refractivity contribution >= 4 is 23.7 Å². The number of hydrogen-bond acceptors (Lipinski definition) is 3. The van der Waals surface area contributed by atoms with Crippen LogP contribution in [0.1, 0.15) is 27.7 Å². The first-order chi connectivity index (χ1) is 6.68. The molecule has 1 unspecified atom stereocenters. The Bertz CT molecular complexity index is 248. The standard InChI is InChI=1S/C10H18O4S/c1-6(2)7(8(11)12)15-5-10(3,4)9(13)14/h6-7H,5H2,1-4H3,(H,11,12)(H,13,14). The normalized spacial score (nSPS) is 13.9. The SMILES string of the molecule is CC(C)C(SCC(C)(C)C(=O)O)C(=O)O. The summed E-state index contributed by atoms with van der Waals surface area (Å²) in [5.74, 6) is -1.48. The van der Waals surface area contributed by atoms with Crippen LogP contribution in [-0.4, -0.2) is 33.2 Å². The van der Waals surface area contributed by atoms with E-state index in [1.165, 1.54) is 11.8 Å². The van der Waals surface area contributed by atoms with E-state index in [1.54, 1.807) is 13.8 Å². The maximum Gasteiger partial charge on any atom is 0.316 e. The minimum atomic E-state index is -0.900. The van der Waals surface area contributed by atoms with Crippen LogP contribution in [0.4, 0.5) is 0 Å². The van der Waals surface area contributed by atoms with E-state index in [2.05, 4.69) is 0 Å². The first kappa shape index (κ1) is 14.3. The van der Waals surface area contributed by atoms with Gasteiger partial charge >= 0.3 is 11.9 Å². The van der Waals surface area contributed by atoms with Gasteiger partial charge in [-0.15, -0.1) is 11.8 Å². The van der Waals surface area contributed by atoms with Crippen molar-refractivity contribution < 1.29 is 19.8 Å². The molecule has 0 aliphatic carbocycles. The lowest BCUT2D eigenvalue weighted by atomic mass is 9.97. The maximum absolute atomic E-state index is 10.9. The molecule has 0 radical (unpaired) electrons. The second kappa shape index (κ2) is 5.39. The smallest absolute Gasteiger partial charge is 0.316 e. The molecule has 0 fully saturated rings. The van der Waals surface area contributed by atoms with Gasteiger partial charge in [0.1, 0.15) is 5.25 Å². The molecule has 4 nitrogen and oxygen atoms in total. The minimum Gasteiger partial charge on any atom is -0.481 e. The summed E-state index contributed by atoms with van der Waals surface area (Å²) >= 11 is 1.19. The molecule has 0 amide bonds. The van der Waals surface area contributed by atoms with E-state index in [9.17, 15) is 9.59 Å². The third-order valence-corrected chi connectivity index (χ3v) is 4.05. The Morgan fingerprint density at radius 1 is 1.27 bits per heavy atom. The van der Waals surface area contributed by atoms with E-state index in [1.807, 2.05) is 13.8 Å². The molecule has 0 saturated heterocycles. The van der Waals surface area contributed by atoms with E-state index in [-0.39, 0.29) is 5.92 Å². The molecule has 88 valence electrons. The Balaban J connectivity index is 4.35. The molecule has 0 aromatic rings. The number of aliphatic carboxylic acids is 2. The Hall–Kier alpha value is -0.710. The van der Waals surface area contributed by atoms with Crippen LogP contribution in [0.15, 0.2) is 0 Å². The Morgan fingerprint density at radius 2 is 1.73 bits per heavy atom. The highest BCUT2D eigenvalue weighted by Crippen LogP contribution is 2.28. The van der Waals surface area contributed by atoms with Crippen LogP contribution in [0.2, 0.25) is 0 Å². The van der Waals surface area contributed by atoms with Gasteiger partial charge in [-0.2, -0.15) is 0 Å². The second-order valence-electron chi connectivity index (χ2n) is 4.50. The summed E-state index contributed by atoms with van der Waals surface area (Å²) in [6.45, 7) is 6.84. The summed E-state index contributed by atoms with van der Waals surface area (Å²) in [6, 6.07) is 0. The van der Waals surface area contributed by atoms with Crippen LogP contribution < -0.4 is 0 Å². The zero-order valence-corrected chi connectivity index (χ0v) is 10.3. The highest BCUT2D eigenvalue weighted by Gasteiger charge is 2.31. The van der Waals surface area contributed by atoms with E-state index >= 15 is 0 Å². The molecule has 0 bridgehead atoms. The van der Waals surface area contributed by atoms with Gasteiger partial charge in [0, 0.05) is 5.75 Å². The molecule has 0 aliphatic heterocycles. The van der Waals surface area contributed by atoms with Crippen molar-refractivity contribution in [2.45, 2.75) is 32.9 Å². The molecule has 2 N–H and O–H groups in total. The number of carboxylic acid groups (broad SMARTS) is 2. The predicted molar refractivity (Wildman–Crippen MR) is 60.1 cm³/mol. The number of carboxylic acids is 2. The van der Waals surface area contributed by atoms with Gasteiger partial charge < -0.3 is 10.2 Å². The third kappa shape index (κ3) is 4.55. The van der Waals surface area contributed by atoms with Crippen molar-refractivity contribution in [2.24, 2.45) is 11.3 Å². The summed E-state index contributed by atoms with van der Waals surface area (Å²) < 4.78 is 0. The summed E-state index contributed by atoms with van der Waals surface area (Å²) in [4.78, 5) is 21.7. The molecular weight excluding hydrogens is 216 g/mol. The maximum atomic E-state index is 10.9. The van der Waals surface area contributed by atoms with Crippen LogP contribution in [-0.2, 0) is 9.59 Å². The van der Waals surface area contributed by atoms with Crippen LogP contribution in [0.5, 0.6) is 0 Å². The first-order valence-corrected chi connectivity index (χ1v) is 5.81. The second-order valence-corrected chi connectivity index (χ2v) is 5.63. The van der Waals surface area contributed by atoms with Gasteiger partial charge in [-0.25, -0.2) is 0 Å². The monoisotopic (exact) mass is 234 g/mol. The molecule has 0 rings (SSSR count). The number of hydrogen-bond donors (Lipinski definition) is 2. The van der Waals surface area contributed by atoms with Crippen molar-refractivity contribution in [3.8, 4) is 0 Å². The van der Waals surface area contributed by atoms with Crippen molar-refractivity contribution in [1.29, 1.82) is 0 Å². The Kier molecular flexibility index (Phi) is 5.14. The topological polar surface area (TPSA) is 74.6 Å². The summed E-state index contributed by atoms with van der Waals surface area (Å²) in [5, 5.41) is 17.2. The number of rotatable bonds is 6. The van der Waals surface area contributed by atoms with Crippen molar-refractivity contribution in [3.63, 3.8) is 0 Å². The van der Waals surface area contributed by atoms with Gasteiger partial charge in [0.05, 0.1) is 5.41 Å². The molecule has 0 heterocycles. The molecule has 1 atom stereocenters. The van der Waals surface area contributed by atoms with Crippen LogP contribution in [0.3, 0.4) is 0 Å². The van der Waals surface area contributed by atoms with Crippen molar-refractivity contribution in [3.05, 3.63) is 0 Å². The fourth-order valence-electron chi connectivity index (χ4n) is 0.909. The van der Waals surface area contributed by atoms with Gasteiger partial charge in [0.25, 0.3) is 0 Å². The third-order valence-electron chi connectivity index (χ3n) is 2.05. The highest BCUT2D eigenvalue weighted by molar-refractivity contribution is 8.00. The summed E-state index contributed by atoms with van der Waals surface area (Å²) in [6.07, 6.45) is 0. The van der Waals surface area contributed by atoms with E-state index in [4.69, 9.17) is 10.2 Å². The predicted octanol–water partition coefficient (Wildman–Crippen LogP) is 1.94. The van der Waals surface area contributed by atoms with Crippen molar-refractivity contribution in [2.75, 3.05) is 5.75 Å². The first-order valence-electron chi connectivity index (χ1n) is 4.76. The summed E-state index contributed by atoms with van der Waals surface area (Å²) in [7, 11) is 0. The molecule has 0 aromatic carbocycles. The van der Waals surface area contributed by atoms with Crippen LogP contribution in [0, 0.1) is 11.3 Å². The number of carbonyl (C=O) groups is 2. The lowest BCUT2D eigenvalue weighted by Crippen LogP contribution is -2.30. The average Bonchev–Trinajstić information content (AvgIpc) is 2.02. The summed E-state index contributed by atoms with van der Waals surface area (Å²) in [5.41, 5.74) is -0.882. The Labute approximate surface area is 94.1 Å². The van der Waals surface area contributed by atoms with E-state index in [0.717, 1.165) is 0 Å². The molecule has 0 aromatic heterocycles. The quantitative estimate of drug-likeness (QED) is 0.734. The van der Waals surface area contributed by atoms with Gasteiger partial charge in [0.15, 0.2) is 0 Å². The molecule has 0 spiro atoms. The lowest BCUT2D eigenvalue weighted by Gasteiger charge is -2.22. The van der Waals surface area contributed by atoms with Crippen LogP contribution in [0.25, 0.3) is 0 Å². The van der Waals surface area contributed by atoms with Gasteiger partial charge in [-0.1, -0.05) is 13.8 Å². The lowest BCUT2D eigenvalue weighted by molar-refractivity contribution is -0.145. The zero-order chi connectivity index (χ0) is 12.2. The van der Waals surface area contributed by atoms with E-state index < -0.39 is 22.6 Å². The zero-order valence-electron chi connectivity index (χ0n) is 9.48. The minimum absolute atomic E-state index is 0.00269. The molecule has 15 heavy (non-hydrogen) atoms. The van der Waals surface area contributed by atoms with Gasteiger partial charge in [-0.3, -0.25) is 9.59 Å². The molecular formula is C10H18O4S. The fraction of sp³-hybridized carbons (Fsp3) is 0.800. The van der Waals surface area contributed by atoms with Crippen molar-refractivity contribution in [1.82, 2.24) is 0 Å². The van der Waals surface area contributed by atoms with E-state index in [0.29, 0.717) is 5.75 Å². The number of thioether (sulfide) groups is 1. The van der Waals surface area contributed by atoms with Crippen LogP contribution >= 0.6 is 11.8 Å². The van der Waals surface area contributed by atoms with Gasteiger partial charge in [-0.05, 0) is 19.8 Å². The molecule has 0 aliphatic rings. The highest BCUT2D eigenvalue weighted by atomic mass is 32.2. The molecule has 0 saturated carbocycles. The Morgan fingerprint density at radius 3 is 2.00 bits per heavy atom. The fourth-order valence-corrected chi connectivity index (χ4v) is 2.16. The molecule has 5 heteroatoms.